The topological polar surface area (TPSA) is 168 Å². The van der Waals surface area contributed by atoms with Crippen molar-refractivity contribution < 1.29 is 24.6 Å². The number of nitrogens with one attached hydrogen (secondary N) is 1. The number of carboxylic acid groups (broad SMARTS) is 2. The van der Waals surface area contributed by atoms with E-state index in [-0.39, 0.29) is 18.4 Å². The second kappa shape index (κ2) is 20.3. The Morgan fingerprint density at radius 1 is 0.673 bits per heavy atom. The summed E-state index contributed by atoms with van der Waals surface area (Å²) in [6, 6.07) is 20.4. The van der Waals surface area contributed by atoms with E-state index < -0.39 is 12.1 Å². The van der Waals surface area contributed by atoms with Crippen molar-refractivity contribution >= 4 is 18.0 Å². The van der Waals surface area contributed by atoms with Gasteiger partial charge in [0.2, 0.25) is 5.91 Å². The Kier molecular flexibility index (Phi) is 15.3. The number of amides is 2. The van der Waals surface area contributed by atoms with Crippen molar-refractivity contribution in [3.63, 3.8) is 0 Å². The van der Waals surface area contributed by atoms with Crippen LogP contribution >= 0.6 is 0 Å². The normalized spacial score (nSPS) is 13.0. The van der Waals surface area contributed by atoms with Crippen molar-refractivity contribution in [1.82, 2.24) is 40.2 Å². The number of rotatable bonds is 17. The first-order valence-electron chi connectivity index (χ1n) is 17.2. The molecule has 13 nitrogen and oxygen atoms in total. The molecule has 0 aliphatic carbocycles. The average Bonchev–Trinajstić information content (AvgIpc) is 3.74. The molecule has 2 amide bonds. The molecule has 13 heteroatoms. The van der Waals surface area contributed by atoms with E-state index in [0.29, 0.717) is 32.4 Å². The standard InChI is InChI=1S/C21H29N5O3.C15H19N3O2/c27-20(22-18-11-13-25(14-12-18)21(28)29)10-6-2-5-9-19-16-26(24-23-19)15-17-7-3-1-4-8-17;19-15(20)10-6-2-5-9-14-12-18(17-16-14)11-13-7-3-1-4-8-13/h1,3-4,7-8,16,18H,2,5-6,9-15H2,(H,22,27)(H,28,29);1,3-4,7-8,12H,2,5-6,9-11H2,(H,19,20). The van der Waals surface area contributed by atoms with Crippen molar-refractivity contribution in [3.05, 3.63) is 95.6 Å². The van der Waals surface area contributed by atoms with Gasteiger partial charge >= 0.3 is 12.1 Å². The molecule has 1 aliphatic rings. The van der Waals surface area contributed by atoms with Crippen molar-refractivity contribution in [2.45, 2.75) is 96.2 Å². The summed E-state index contributed by atoms with van der Waals surface area (Å²) < 4.78 is 3.69. The van der Waals surface area contributed by atoms with E-state index >= 15 is 0 Å². The molecule has 1 fully saturated rings. The summed E-state index contributed by atoms with van der Waals surface area (Å²) >= 11 is 0. The molecule has 0 bridgehead atoms. The van der Waals surface area contributed by atoms with Crippen molar-refractivity contribution in [2.24, 2.45) is 0 Å². The molecular weight excluding hydrogens is 624 g/mol. The summed E-state index contributed by atoms with van der Waals surface area (Å²) in [5, 5.41) is 37.2. The summed E-state index contributed by atoms with van der Waals surface area (Å²) in [5.41, 5.74) is 4.35. The largest absolute Gasteiger partial charge is 0.481 e. The highest BCUT2D eigenvalue weighted by atomic mass is 16.4. The predicted octanol–water partition coefficient (Wildman–Crippen LogP) is 5.20. The van der Waals surface area contributed by atoms with Crippen LogP contribution in [0.15, 0.2) is 73.1 Å². The van der Waals surface area contributed by atoms with Crippen LogP contribution in [-0.2, 0) is 35.5 Å². The van der Waals surface area contributed by atoms with Gasteiger partial charge < -0.3 is 20.4 Å². The molecule has 3 heterocycles. The molecule has 0 atom stereocenters. The monoisotopic (exact) mass is 672 g/mol. The first kappa shape index (κ1) is 36.8. The number of carbonyl (C=O) groups is 3. The fourth-order valence-electron chi connectivity index (χ4n) is 5.64. The van der Waals surface area contributed by atoms with E-state index in [1.165, 1.54) is 16.0 Å². The molecule has 0 spiro atoms. The molecule has 262 valence electrons. The van der Waals surface area contributed by atoms with E-state index in [1.54, 1.807) is 0 Å². The predicted molar refractivity (Wildman–Crippen MR) is 184 cm³/mol. The van der Waals surface area contributed by atoms with Crippen LogP contribution in [0.3, 0.4) is 0 Å². The molecule has 0 unspecified atom stereocenters. The molecule has 5 rings (SSSR count). The molecule has 1 saturated heterocycles. The lowest BCUT2D eigenvalue weighted by Gasteiger charge is -2.30. The number of carbonyl (C=O) groups excluding carboxylic acids is 1. The minimum Gasteiger partial charge on any atom is -0.481 e. The summed E-state index contributed by atoms with van der Waals surface area (Å²) in [4.78, 5) is 34.8. The Bertz CT molecular complexity index is 1550. The zero-order chi connectivity index (χ0) is 34.7. The zero-order valence-corrected chi connectivity index (χ0v) is 28.1. The maximum absolute atomic E-state index is 12.1. The van der Waals surface area contributed by atoms with Gasteiger partial charge in [-0.2, -0.15) is 0 Å². The van der Waals surface area contributed by atoms with Gasteiger partial charge in [0.25, 0.3) is 0 Å². The van der Waals surface area contributed by atoms with Crippen LogP contribution in [0.1, 0.15) is 86.7 Å². The lowest BCUT2D eigenvalue weighted by Crippen LogP contribution is -2.46. The van der Waals surface area contributed by atoms with Gasteiger partial charge in [-0.05, 0) is 62.5 Å². The first-order chi connectivity index (χ1) is 23.8. The van der Waals surface area contributed by atoms with Gasteiger partial charge in [0.15, 0.2) is 0 Å². The van der Waals surface area contributed by atoms with Crippen molar-refractivity contribution in [3.8, 4) is 0 Å². The van der Waals surface area contributed by atoms with Gasteiger partial charge in [0, 0.05) is 44.4 Å². The molecule has 0 radical (unpaired) electrons. The summed E-state index contributed by atoms with van der Waals surface area (Å²) in [6.45, 7) is 2.43. The number of carboxylic acids is 1. The lowest BCUT2D eigenvalue weighted by molar-refractivity contribution is -0.137. The molecule has 4 aromatic rings. The fraction of sp³-hybridized carbons (Fsp3) is 0.472. The van der Waals surface area contributed by atoms with Crippen LogP contribution in [0.25, 0.3) is 0 Å². The number of hydrogen-bond donors (Lipinski definition) is 3. The van der Waals surface area contributed by atoms with E-state index in [1.807, 2.05) is 58.2 Å². The summed E-state index contributed by atoms with van der Waals surface area (Å²) in [6.07, 6.45) is 12.3. The molecule has 0 saturated carbocycles. The SMILES string of the molecule is O=C(CCCCCc1cn(Cc2ccccc2)nn1)NC1CCN(C(=O)O)CC1.O=C(O)CCCCCc1cn(Cc2ccccc2)nn1. The molecule has 1 aliphatic heterocycles. The Morgan fingerprint density at radius 2 is 1.16 bits per heavy atom. The van der Waals surface area contributed by atoms with Gasteiger partial charge in [-0.15, -0.1) is 10.2 Å². The van der Waals surface area contributed by atoms with E-state index in [2.05, 4.69) is 50.2 Å². The number of piperidine rings is 1. The molecule has 2 aromatic heterocycles. The third-order valence-corrected chi connectivity index (χ3v) is 8.34. The van der Waals surface area contributed by atoms with Crippen LogP contribution in [-0.4, -0.2) is 82.2 Å². The number of aliphatic carboxylic acids is 1. The van der Waals surface area contributed by atoms with E-state index in [9.17, 15) is 14.4 Å². The maximum Gasteiger partial charge on any atom is 0.407 e. The van der Waals surface area contributed by atoms with Crippen LogP contribution in [0, 0.1) is 0 Å². The number of benzene rings is 2. The zero-order valence-electron chi connectivity index (χ0n) is 28.1. The van der Waals surface area contributed by atoms with Crippen LogP contribution in [0.5, 0.6) is 0 Å². The molecule has 3 N–H and O–H groups in total. The number of aromatic nitrogens is 6. The Labute approximate surface area is 287 Å². The second-order valence-electron chi connectivity index (χ2n) is 12.4. The van der Waals surface area contributed by atoms with Gasteiger partial charge in [-0.3, -0.25) is 9.59 Å². The number of likely N-dealkylation sites (tertiary alicyclic amines) is 1. The lowest BCUT2D eigenvalue weighted by atomic mass is 10.0. The van der Waals surface area contributed by atoms with Gasteiger partial charge in [-0.25, -0.2) is 14.2 Å². The minimum atomic E-state index is -0.880. The van der Waals surface area contributed by atoms with Crippen LogP contribution in [0.4, 0.5) is 4.79 Å². The Balaban J connectivity index is 0.000000237. The number of hydrogen-bond acceptors (Lipinski definition) is 7. The smallest absolute Gasteiger partial charge is 0.407 e. The van der Waals surface area contributed by atoms with Crippen molar-refractivity contribution in [2.75, 3.05) is 13.1 Å². The highest BCUT2D eigenvalue weighted by Crippen LogP contribution is 2.12. The quantitative estimate of drug-likeness (QED) is 0.128. The highest BCUT2D eigenvalue weighted by molar-refractivity contribution is 5.76. The van der Waals surface area contributed by atoms with Gasteiger partial charge in [-0.1, -0.05) is 83.9 Å². The minimum absolute atomic E-state index is 0.0626. The molecule has 2 aromatic carbocycles. The number of nitrogens with zero attached hydrogens (tertiary/aromatic N) is 7. The van der Waals surface area contributed by atoms with Gasteiger partial charge in [0.05, 0.1) is 24.5 Å². The average molecular weight is 673 g/mol. The van der Waals surface area contributed by atoms with Crippen LogP contribution < -0.4 is 5.32 Å². The highest BCUT2D eigenvalue weighted by Gasteiger charge is 2.23. The molecule has 49 heavy (non-hydrogen) atoms. The summed E-state index contributed by atoms with van der Waals surface area (Å²) in [7, 11) is 0. The Hall–Kier alpha value is -5.07. The second-order valence-corrected chi connectivity index (χ2v) is 12.4. The van der Waals surface area contributed by atoms with E-state index in [0.717, 1.165) is 75.8 Å². The van der Waals surface area contributed by atoms with E-state index in [4.69, 9.17) is 10.2 Å². The van der Waals surface area contributed by atoms with Crippen LogP contribution in [0.2, 0.25) is 0 Å². The van der Waals surface area contributed by atoms with Crippen molar-refractivity contribution in [1.29, 1.82) is 0 Å². The van der Waals surface area contributed by atoms with Gasteiger partial charge in [0.1, 0.15) is 0 Å². The first-order valence-corrected chi connectivity index (χ1v) is 17.2. The Morgan fingerprint density at radius 3 is 1.63 bits per heavy atom. The number of aryl methyl sites for hydroxylation is 2. The third kappa shape index (κ3) is 14.3. The third-order valence-electron chi connectivity index (χ3n) is 8.34. The molecular formula is C36H48N8O5. The summed E-state index contributed by atoms with van der Waals surface area (Å²) in [5.74, 6) is -0.661. The fourth-order valence-corrected chi connectivity index (χ4v) is 5.64. The number of unbranched alkanes of at least 4 members (excludes halogenated alkanes) is 4. The maximum atomic E-state index is 12.1.